The van der Waals surface area contributed by atoms with Gasteiger partial charge in [-0.05, 0) is 87.4 Å². The standard InChI is InChI=1S/C23H32N2/c1-2-7-22-21(6-1)23(17-24-22)10-12-25(13-11-23)16-20-9-8-18-4-3-5-19(14-18)15-20/h1-3,5-7,18-20,24H,4,8-17H2/t18-,19+,20+/m1/s1. The van der Waals surface area contributed by atoms with Gasteiger partial charge in [-0.1, -0.05) is 30.4 Å². The van der Waals surface area contributed by atoms with Gasteiger partial charge in [-0.15, -0.1) is 0 Å². The van der Waals surface area contributed by atoms with Crippen LogP contribution in [0.25, 0.3) is 0 Å². The highest BCUT2D eigenvalue weighted by molar-refractivity contribution is 5.60. The molecule has 0 unspecified atom stereocenters. The Bertz CT molecular complexity index is 641. The zero-order chi connectivity index (χ0) is 16.7. The van der Waals surface area contributed by atoms with Crippen molar-refractivity contribution in [3.63, 3.8) is 0 Å². The fourth-order valence-corrected chi connectivity index (χ4v) is 6.09. The molecule has 2 heterocycles. The molecule has 2 aliphatic carbocycles. The Hall–Kier alpha value is -1.28. The fourth-order valence-electron chi connectivity index (χ4n) is 6.09. The summed E-state index contributed by atoms with van der Waals surface area (Å²) in [6.07, 6.45) is 14.9. The third kappa shape index (κ3) is 3.03. The molecule has 3 atom stereocenters. The largest absolute Gasteiger partial charge is 0.384 e. The predicted molar refractivity (Wildman–Crippen MR) is 105 cm³/mol. The summed E-state index contributed by atoms with van der Waals surface area (Å²) >= 11 is 0. The maximum atomic E-state index is 3.66. The number of likely N-dealkylation sites (tertiary alicyclic amines) is 1. The van der Waals surface area contributed by atoms with Gasteiger partial charge in [-0.3, -0.25) is 0 Å². The number of nitrogens with zero attached hydrogens (tertiary/aromatic N) is 1. The molecule has 2 aliphatic heterocycles. The highest BCUT2D eigenvalue weighted by Gasteiger charge is 2.41. The summed E-state index contributed by atoms with van der Waals surface area (Å²) in [6, 6.07) is 9.00. The molecule has 1 saturated carbocycles. The summed E-state index contributed by atoms with van der Waals surface area (Å²) in [4.78, 5) is 2.79. The monoisotopic (exact) mass is 336 g/mol. The fraction of sp³-hybridized carbons (Fsp3) is 0.652. The van der Waals surface area contributed by atoms with Crippen molar-refractivity contribution in [2.24, 2.45) is 17.8 Å². The van der Waals surface area contributed by atoms with Crippen LogP contribution in [0, 0.1) is 17.8 Å². The predicted octanol–water partition coefficient (Wildman–Crippen LogP) is 4.83. The van der Waals surface area contributed by atoms with Crippen molar-refractivity contribution in [1.29, 1.82) is 0 Å². The highest BCUT2D eigenvalue weighted by Crippen LogP contribution is 2.44. The van der Waals surface area contributed by atoms with Crippen LogP contribution in [0.3, 0.4) is 0 Å². The smallest absolute Gasteiger partial charge is 0.0379 e. The number of allylic oxidation sites excluding steroid dienone is 2. The van der Waals surface area contributed by atoms with E-state index >= 15 is 0 Å². The lowest BCUT2D eigenvalue weighted by atomic mass is 9.74. The van der Waals surface area contributed by atoms with Gasteiger partial charge < -0.3 is 10.2 Å². The van der Waals surface area contributed by atoms with Crippen molar-refractivity contribution in [2.45, 2.75) is 50.4 Å². The topological polar surface area (TPSA) is 15.3 Å². The number of benzene rings is 1. The summed E-state index contributed by atoms with van der Waals surface area (Å²) in [6.45, 7) is 5.08. The van der Waals surface area contributed by atoms with Crippen molar-refractivity contribution in [3.05, 3.63) is 42.0 Å². The van der Waals surface area contributed by atoms with E-state index in [4.69, 9.17) is 0 Å². The van der Waals surface area contributed by atoms with Crippen LogP contribution in [0.1, 0.15) is 50.5 Å². The molecule has 1 aromatic rings. The summed E-state index contributed by atoms with van der Waals surface area (Å²) in [5, 5.41) is 3.66. The maximum absolute atomic E-state index is 3.66. The first-order valence-electron chi connectivity index (χ1n) is 10.5. The van der Waals surface area contributed by atoms with Crippen LogP contribution >= 0.6 is 0 Å². The SMILES string of the molecule is C1=C[C@H]2C[C@H](C1)CC[C@H](CN1CCC3(CC1)CNc1ccccc13)C2. The minimum atomic E-state index is 0.413. The lowest BCUT2D eigenvalue weighted by Crippen LogP contribution is -2.45. The molecule has 2 heteroatoms. The van der Waals surface area contributed by atoms with Gasteiger partial charge in [0.1, 0.15) is 0 Å². The lowest BCUT2D eigenvalue weighted by Gasteiger charge is -2.40. The van der Waals surface area contributed by atoms with E-state index in [0.29, 0.717) is 5.41 Å². The van der Waals surface area contributed by atoms with Gasteiger partial charge in [0.15, 0.2) is 0 Å². The Kier molecular flexibility index (Phi) is 4.12. The van der Waals surface area contributed by atoms with Crippen LogP contribution in [0.15, 0.2) is 36.4 Å². The van der Waals surface area contributed by atoms with Crippen LogP contribution in [0.4, 0.5) is 5.69 Å². The van der Waals surface area contributed by atoms with Crippen molar-refractivity contribution in [1.82, 2.24) is 4.90 Å². The molecule has 1 N–H and O–H groups in total. The molecule has 2 fully saturated rings. The number of rotatable bonds is 2. The first-order chi connectivity index (χ1) is 12.3. The Morgan fingerprint density at radius 3 is 2.88 bits per heavy atom. The van der Waals surface area contributed by atoms with Crippen molar-refractivity contribution in [2.75, 3.05) is 31.5 Å². The summed E-state index contributed by atoms with van der Waals surface area (Å²) in [5.41, 5.74) is 3.39. The van der Waals surface area contributed by atoms with Crippen LogP contribution < -0.4 is 5.32 Å². The molecule has 2 bridgehead atoms. The maximum Gasteiger partial charge on any atom is 0.0379 e. The van der Waals surface area contributed by atoms with Gasteiger partial charge in [-0.2, -0.15) is 0 Å². The second-order valence-electron chi connectivity index (χ2n) is 9.18. The average molecular weight is 337 g/mol. The van der Waals surface area contributed by atoms with Crippen molar-refractivity contribution in [3.8, 4) is 0 Å². The molecule has 1 saturated heterocycles. The normalized spacial score (nSPS) is 33.7. The van der Waals surface area contributed by atoms with Gasteiger partial charge in [0.2, 0.25) is 0 Å². The van der Waals surface area contributed by atoms with E-state index in [1.54, 1.807) is 5.56 Å². The molecule has 0 aromatic heterocycles. The molecule has 2 nitrogen and oxygen atoms in total. The first kappa shape index (κ1) is 15.9. The lowest BCUT2D eigenvalue weighted by molar-refractivity contribution is 0.140. The molecule has 25 heavy (non-hydrogen) atoms. The summed E-state index contributed by atoms with van der Waals surface area (Å²) < 4.78 is 0. The number of nitrogens with one attached hydrogen (secondary N) is 1. The first-order valence-corrected chi connectivity index (χ1v) is 10.5. The molecule has 0 amide bonds. The van der Waals surface area contributed by atoms with Gasteiger partial charge >= 0.3 is 0 Å². The number of fused-ring (bicyclic) bond motifs is 4. The van der Waals surface area contributed by atoms with Gasteiger partial charge in [0.25, 0.3) is 0 Å². The molecule has 0 radical (unpaired) electrons. The van der Waals surface area contributed by atoms with Gasteiger partial charge in [0, 0.05) is 24.2 Å². The molecular formula is C23H32N2. The molecule has 1 spiro atoms. The second kappa shape index (κ2) is 6.46. The highest BCUT2D eigenvalue weighted by atomic mass is 15.1. The van der Waals surface area contributed by atoms with E-state index in [0.717, 1.165) is 24.3 Å². The Morgan fingerprint density at radius 2 is 1.96 bits per heavy atom. The van der Waals surface area contributed by atoms with E-state index < -0.39 is 0 Å². The van der Waals surface area contributed by atoms with E-state index in [9.17, 15) is 0 Å². The van der Waals surface area contributed by atoms with E-state index in [1.165, 1.54) is 70.3 Å². The number of piperidine rings is 1. The molecule has 134 valence electrons. The number of hydrogen-bond donors (Lipinski definition) is 1. The van der Waals surface area contributed by atoms with Crippen LogP contribution in [-0.4, -0.2) is 31.1 Å². The molecule has 1 aromatic carbocycles. The molecular weight excluding hydrogens is 304 g/mol. The third-order valence-corrected chi connectivity index (χ3v) is 7.58. The summed E-state index contributed by atoms with van der Waals surface area (Å²) in [5.74, 6) is 2.81. The van der Waals surface area contributed by atoms with E-state index in [1.807, 2.05) is 0 Å². The minimum absolute atomic E-state index is 0.413. The van der Waals surface area contributed by atoms with Crippen LogP contribution in [0.2, 0.25) is 0 Å². The number of anilines is 1. The minimum Gasteiger partial charge on any atom is -0.384 e. The Labute approximate surface area is 152 Å². The van der Waals surface area contributed by atoms with Crippen LogP contribution in [-0.2, 0) is 5.41 Å². The van der Waals surface area contributed by atoms with E-state index in [2.05, 4.69) is 46.6 Å². The van der Waals surface area contributed by atoms with Crippen molar-refractivity contribution >= 4 is 5.69 Å². The second-order valence-corrected chi connectivity index (χ2v) is 9.18. The van der Waals surface area contributed by atoms with E-state index in [-0.39, 0.29) is 0 Å². The summed E-state index contributed by atoms with van der Waals surface area (Å²) in [7, 11) is 0. The number of hydrogen-bond acceptors (Lipinski definition) is 2. The number of para-hydroxylation sites is 1. The zero-order valence-corrected chi connectivity index (χ0v) is 15.4. The van der Waals surface area contributed by atoms with Gasteiger partial charge in [0.05, 0.1) is 0 Å². The van der Waals surface area contributed by atoms with Crippen LogP contribution in [0.5, 0.6) is 0 Å². The zero-order valence-electron chi connectivity index (χ0n) is 15.4. The van der Waals surface area contributed by atoms with Crippen molar-refractivity contribution < 1.29 is 0 Å². The average Bonchev–Trinajstić information content (AvgIpc) is 2.94. The molecule has 5 rings (SSSR count). The van der Waals surface area contributed by atoms with Gasteiger partial charge in [-0.25, -0.2) is 0 Å². The quantitative estimate of drug-likeness (QED) is 0.778. The molecule has 4 aliphatic rings. The third-order valence-electron chi connectivity index (χ3n) is 7.58. The Balaban J connectivity index is 1.21. The Morgan fingerprint density at radius 1 is 1.08 bits per heavy atom.